The van der Waals surface area contributed by atoms with Gasteiger partial charge in [0.25, 0.3) is 0 Å². The Hall–Kier alpha value is -0.353. The third-order valence-electron chi connectivity index (χ3n) is 2.11. The molecule has 4 heteroatoms. The standard InChI is InChI=1S/C11H16BrFOSi/c1-5-14-9-7-6-8(12)10(13)11(9)15(2,3)4/h6-7H,5H2,1-4H3. The lowest BCUT2D eigenvalue weighted by Gasteiger charge is -2.22. The van der Waals surface area contributed by atoms with Crippen LogP contribution in [0.4, 0.5) is 4.39 Å². The number of hydrogen-bond acceptors (Lipinski definition) is 1. The van der Waals surface area contributed by atoms with Gasteiger partial charge in [-0.1, -0.05) is 19.6 Å². The summed E-state index contributed by atoms with van der Waals surface area (Å²) in [6, 6.07) is 3.54. The van der Waals surface area contributed by atoms with E-state index in [4.69, 9.17) is 4.74 Å². The van der Waals surface area contributed by atoms with E-state index >= 15 is 0 Å². The Morgan fingerprint density at radius 3 is 2.40 bits per heavy atom. The molecular weight excluding hydrogens is 275 g/mol. The Balaban J connectivity index is 3.35. The molecule has 1 nitrogen and oxygen atoms in total. The number of hydrogen-bond donors (Lipinski definition) is 0. The van der Waals surface area contributed by atoms with E-state index < -0.39 is 8.07 Å². The molecular formula is C11H16BrFOSi. The average Bonchev–Trinajstić information content (AvgIpc) is 2.10. The molecule has 0 N–H and O–H groups in total. The lowest BCUT2D eigenvalue weighted by molar-refractivity contribution is 0.341. The zero-order valence-electron chi connectivity index (χ0n) is 9.53. The van der Waals surface area contributed by atoms with E-state index in [9.17, 15) is 4.39 Å². The highest BCUT2D eigenvalue weighted by Gasteiger charge is 2.26. The van der Waals surface area contributed by atoms with Gasteiger partial charge in [0.15, 0.2) is 0 Å². The summed E-state index contributed by atoms with van der Waals surface area (Å²) in [6.45, 7) is 8.81. The highest BCUT2D eigenvalue weighted by Crippen LogP contribution is 2.23. The minimum atomic E-state index is -1.72. The van der Waals surface area contributed by atoms with Crippen LogP contribution in [0.3, 0.4) is 0 Å². The predicted molar refractivity (Wildman–Crippen MR) is 68.2 cm³/mol. The summed E-state index contributed by atoms with van der Waals surface area (Å²) in [5.74, 6) is 0.525. The molecule has 1 aromatic rings. The second kappa shape index (κ2) is 4.66. The Morgan fingerprint density at radius 2 is 1.93 bits per heavy atom. The highest BCUT2D eigenvalue weighted by molar-refractivity contribution is 9.10. The van der Waals surface area contributed by atoms with Crippen LogP contribution in [-0.2, 0) is 0 Å². The Kier molecular flexibility index (Phi) is 3.95. The van der Waals surface area contributed by atoms with Gasteiger partial charge in [0, 0.05) is 5.19 Å². The molecule has 0 spiro atoms. The first-order valence-corrected chi connectivity index (χ1v) is 9.28. The quantitative estimate of drug-likeness (QED) is 0.774. The van der Waals surface area contributed by atoms with Crippen LogP contribution in [0.1, 0.15) is 6.92 Å². The lowest BCUT2D eigenvalue weighted by Crippen LogP contribution is -2.41. The summed E-state index contributed by atoms with van der Waals surface area (Å²) in [5, 5.41) is 0.763. The third-order valence-corrected chi connectivity index (χ3v) is 4.68. The molecule has 0 aliphatic heterocycles. The van der Waals surface area contributed by atoms with E-state index in [-0.39, 0.29) is 5.82 Å². The molecule has 0 radical (unpaired) electrons. The van der Waals surface area contributed by atoms with Crippen molar-refractivity contribution in [3.8, 4) is 5.75 Å². The summed E-state index contributed by atoms with van der Waals surface area (Å²) in [6.07, 6.45) is 0. The SMILES string of the molecule is CCOc1ccc(Br)c(F)c1[Si](C)(C)C. The van der Waals surface area contributed by atoms with Gasteiger partial charge < -0.3 is 4.74 Å². The topological polar surface area (TPSA) is 9.23 Å². The van der Waals surface area contributed by atoms with Gasteiger partial charge in [-0.3, -0.25) is 0 Å². The molecule has 0 aliphatic rings. The Bertz CT molecular complexity index is 360. The van der Waals surface area contributed by atoms with Gasteiger partial charge in [-0.2, -0.15) is 0 Å². The lowest BCUT2D eigenvalue weighted by atomic mass is 10.3. The van der Waals surface area contributed by atoms with E-state index in [1.807, 2.05) is 13.0 Å². The van der Waals surface area contributed by atoms with Crippen molar-refractivity contribution in [2.24, 2.45) is 0 Å². The molecule has 0 aromatic heterocycles. The van der Waals surface area contributed by atoms with E-state index in [1.165, 1.54) is 0 Å². The van der Waals surface area contributed by atoms with Gasteiger partial charge in [-0.15, -0.1) is 0 Å². The van der Waals surface area contributed by atoms with Gasteiger partial charge in [0.05, 0.1) is 19.2 Å². The fraction of sp³-hybridized carbons (Fsp3) is 0.455. The molecule has 1 aromatic carbocycles. The van der Waals surface area contributed by atoms with E-state index in [0.29, 0.717) is 16.8 Å². The minimum Gasteiger partial charge on any atom is -0.494 e. The van der Waals surface area contributed by atoms with Gasteiger partial charge in [0.1, 0.15) is 11.6 Å². The Labute approximate surface area is 99.8 Å². The third kappa shape index (κ3) is 2.81. The normalized spacial score (nSPS) is 11.6. The van der Waals surface area contributed by atoms with Crippen molar-refractivity contribution in [3.63, 3.8) is 0 Å². The van der Waals surface area contributed by atoms with Crippen molar-refractivity contribution in [2.75, 3.05) is 6.61 Å². The maximum atomic E-state index is 14.0. The van der Waals surface area contributed by atoms with Crippen LogP contribution in [-0.4, -0.2) is 14.7 Å². The fourth-order valence-corrected chi connectivity index (χ4v) is 3.71. The second-order valence-corrected chi connectivity index (χ2v) is 10.3. The van der Waals surface area contributed by atoms with Crippen LogP contribution < -0.4 is 9.92 Å². The van der Waals surface area contributed by atoms with Gasteiger partial charge >= 0.3 is 0 Å². The molecule has 0 unspecified atom stereocenters. The van der Waals surface area contributed by atoms with Crippen LogP contribution in [0.5, 0.6) is 5.75 Å². The monoisotopic (exact) mass is 290 g/mol. The van der Waals surface area contributed by atoms with E-state index in [0.717, 1.165) is 5.19 Å². The number of ether oxygens (including phenoxy) is 1. The Morgan fingerprint density at radius 1 is 1.33 bits per heavy atom. The summed E-state index contributed by atoms with van der Waals surface area (Å²) >= 11 is 3.22. The molecule has 84 valence electrons. The van der Waals surface area contributed by atoms with Crippen LogP contribution in [0.2, 0.25) is 19.6 Å². The van der Waals surface area contributed by atoms with Crippen molar-refractivity contribution < 1.29 is 9.13 Å². The van der Waals surface area contributed by atoms with Crippen LogP contribution >= 0.6 is 15.9 Å². The first-order chi connectivity index (χ1) is 6.88. The zero-order valence-corrected chi connectivity index (χ0v) is 12.1. The molecule has 0 saturated carbocycles. The maximum absolute atomic E-state index is 14.0. The summed E-state index contributed by atoms with van der Waals surface area (Å²) in [4.78, 5) is 0. The van der Waals surface area contributed by atoms with E-state index in [2.05, 4.69) is 35.6 Å². The second-order valence-electron chi connectivity index (χ2n) is 4.42. The van der Waals surface area contributed by atoms with Gasteiger partial charge in [-0.05, 0) is 35.0 Å². The predicted octanol–water partition coefficient (Wildman–Crippen LogP) is 3.53. The highest BCUT2D eigenvalue weighted by atomic mass is 79.9. The molecule has 1 rings (SSSR count). The molecule has 0 atom stereocenters. The summed E-state index contributed by atoms with van der Waals surface area (Å²) in [7, 11) is -1.72. The van der Waals surface area contributed by atoms with Crippen LogP contribution in [0.15, 0.2) is 16.6 Å². The summed E-state index contributed by atoms with van der Waals surface area (Å²) in [5.41, 5.74) is 0. The average molecular weight is 291 g/mol. The molecule has 0 bridgehead atoms. The molecule has 0 amide bonds. The fourth-order valence-electron chi connectivity index (χ4n) is 1.51. The molecule has 0 fully saturated rings. The van der Waals surface area contributed by atoms with E-state index in [1.54, 1.807) is 6.07 Å². The van der Waals surface area contributed by atoms with Crippen LogP contribution in [0, 0.1) is 5.82 Å². The molecule has 0 aliphatic carbocycles. The smallest absolute Gasteiger partial charge is 0.140 e. The van der Waals surface area contributed by atoms with Gasteiger partial charge in [0.2, 0.25) is 0 Å². The maximum Gasteiger partial charge on any atom is 0.140 e. The summed E-state index contributed by atoms with van der Waals surface area (Å²) < 4.78 is 20.0. The van der Waals surface area contributed by atoms with Crippen molar-refractivity contribution in [1.82, 2.24) is 0 Å². The van der Waals surface area contributed by atoms with Crippen molar-refractivity contribution in [3.05, 3.63) is 22.4 Å². The number of benzene rings is 1. The number of rotatable bonds is 3. The first kappa shape index (κ1) is 12.7. The van der Waals surface area contributed by atoms with Crippen molar-refractivity contribution in [1.29, 1.82) is 0 Å². The van der Waals surface area contributed by atoms with Crippen LogP contribution in [0.25, 0.3) is 0 Å². The largest absolute Gasteiger partial charge is 0.494 e. The zero-order chi connectivity index (χ0) is 11.6. The number of halogens is 2. The molecule has 0 saturated heterocycles. The van der Waals surface area contributed by atoms with Crippen molar-refractivity contribution in [2.45, 2.75) is 26.6 Å². The van der Waals surface area contributed by atoms with Crippen molar-refractivity contribution >= 4 is 29.2 Å². The first-order valence-electron chi connectivity index (χ1n) is 4.99. The minimum absolute atomic E-state index is 0.167. The van der Waals surface area contributed by atoms with Gasteiger partial charge in [-0.25, -0.2) is 4.39 Å². The molecule has 15 heavy (non-hydrogen) atoms. The molecule has 0 heterocycles.